The van der Waals surface area contributed by atoms with E-state index in [9.17, 15) is 4.79 Å². The molecule has 0 aliphatic heterocycles. The van der Waals surface area contributed by atoms with Gasteiger partial charge < -0.3 is 9.26 Å². The maximum atomic E-state index is 11.7. The first kappa shape index (κ1) is 16.0. The number of hydrogen-bond donors (Lipinski definition) is 0. The molecule has 0 bridgehead atoms. The molecule has 7 heteroatoms. The Balaban J connectivity index is 1.68. The van der Waals surface area contributed by atoms with Crippen molar-refractivity contribution in [3.8, 4) is 11.4 Å². The van der Waals surface area contributed by atoms with Gasteiger partial charge in [-0.2, -0.15) is 4.98 Å². The van der Waals surface area contributed by atoms with E-state index in [1.807, 2.05) is 17.0 Å². The summed E-state index contributed by atoms with van der Waals surface area (Å²) in [5.74, 6) is 0.750. The Labute approximate surface area is 139 Å². The molecule has 0 saturated heterocycles. The number of carbonyl (C=O) groups excluding carboxylic acids is 1. The van der Waals surface area contributed by atoms with Crippen molar-refractivity contribution >= 4 is 17.6 Å². The second kappa shape index (κ2) is 7.10. The van der Waals surface area contributed by atoms with Gasteiger partial charge in [-0.3, -0.25) is 9.69 Å². The van der Waals surface area contributed by atoms with E-state index >= 15 is 0 Å². The van der Waals surface area contributed by atoms with Crippen LogP contribution in [0.2, 0.25) is 5.02 Å². The summed E-state index contributed by atoms with van der Waals surface area (Å²) in [5.41, 5.74) is 0.802. The molecule has 1 aliphatic carbocycles. The van der Waals surface area contributed by atoms with E-state index in [0.29, 0.717) is 35.9 Å². The molecule has 6 nitrogen and oxygen atoms in total. The number of esters is 1. The summed E-state index contributed by atoms with van der Waals surface area (Å²) >= 11 is 5.98. The van der Waals surface area contributed by atoms with Crippen LogP contribution in [0.25, 0.3) is 11.4 Å². The fraction of sp³-hybridized carbons (Fsp3) is 0.438. The number of benzene rings is 1. The molecule has 0 unspecified atom stereocenters. The number of ether oxygens (including phenoxy) is 1. The molecule has 1 aliphatic rings. The van der Waals surface area contributed by atoms with Gasteiger partial charge in [0.2, 0.25) is 11.7 Å². The third-order valence-corrected chi connectivity index (χ3v) is 3.83. The van der Waals surface area contributed by atoms with Crippen LogP contribution in [0.1, 0.15) is 25.7 Å². The minimum absolute atomic E-state index is 0.228. The van der Waals surface area contributed by atoms with E-state index in [1.54, 1.807) is 19.1 Å². The molecule has 122 valence electrons. The Bertz CT molecular complexity index is 685. The average molecular weight is 336 g/mol. The maximum Gasteiger partial charge on any atom is 0.320 e. The first-order chi connectivity index (χ1) is 11.2. The lowest BCUT2D eigenvalue weighted by molar-refractivity contribution is -0.144. The van der Waals surface area contributed by atoms with Crippen molar-refractivity contribution in [2.24, 2.45) is 0 Å². The van der Waals surface area contributed by atoms with Gasteiger partial charge in [-0.15, -0.1) is 0 Å². The first-order valence-corrected chi connectivity index (χ1v) is 8.01. The van der Waals surface area contributed by atoms with Crippen LogP contribution in [0.4, 0.5) is 0 Å². The lowest BCUT2D eigenvalue weighted by Crippen LogP contribution is -2.32. The number of rotatable bonds is 7. The topological polar surface area (TPSA) is 68.5 Å². The molecule has 0 atom stereocenters. The summed E-state index contributed by atoms with van der Waals surface area (Å²) in [7, 11) is 0. The number of aromatic nitrogens is 2. The highest BCUT2D eigenvalue weighted by Gasteiger charge is 2.32. The van der Waals surface area contributed by atoms with E-state index < -0.39 is 0 Å². The molecule has 0 amide bonds. The normalized spacial score (nSPS) is 14.2. The van der Waals surface area contributed by atoms with Crippen LogP contribution in [0.15, 0.2) is 28.8 Å². The Morgan fingerprint density at radius 1 is 1.48 bits per heavy atom. The first-order valence-electron chi connectivity index (χ1n) is 7.64. The van der Waals surface area contributed by atoms with Gasteiger partial charge in [0.05, 0.1) is 19.7 Å². The maximum absolute atomic E-state index is 11.7. The van der Waals surface area contributed by atoms with Crippen LogP contribution < -0.4 is 0 Å². The minimum atomic E-state index is -0.228. The van der Waals surface area contributed by atoms with E-state index in [4.69, 9.17) is 20.9 Å². The molecule has 1 saturated carbocycles. The number of nitrogens with zero attached hydrogens (tertiary/aromatic N) is 3. The Hall–Kier alpha value is -1.92. The third kappa shape index (κ3) is 4.30. The lowest BCUT2D eigenvalue weighted by Gasteiger charge is -2.18. The average Bonchev–Trinajstić information content (AvgIpc) is 3.26. The van der Waals surface area contributed by atoms with Crippen molar-refractivity contribution in [2.75, 3.05) is 13.2 Å². The monoisotopic (exact) mass is 335 g/mol. The van der Waals surface area contributed by atoms with Gasteiger partial charge in [-0.05, 0) is 31.9 Å². The van der Waals surface area contributed by atoms with Gasteiger partial charge in [0.1, 0.15) is 0 Å². The van der Waals surface area contributed by atoms with Gasteiger partial charge in [-0.25, -0.2) is 0 Å². The molecular weight excluding hydrogens is 318 g/mol. The Morgan fingerprint density at radius 2 is 2.30 bits per heavy atom. The molecular formula is C16H18ClN3O3. The highest BCUT2D eigenvalue weighted by Crippen LogP contribution is 2.28. The second-order valence-electron chi connectivity index (χ2n) is 5.46. The molecule has 2 aromatic rings. The zero-order valence-electron chi connectivity index (χ0n) is 12.9. The van der Waals surface area contributed by atoms with Crippen molar-refractivity contribution < 1.29 is 14.1 Å². The second-order valence-corrected chi connectivity index (χ2v) is 5.90. The third-order valence-electron chi connectivity index (χ3n) is 3.59. The van der Waals surface area contributed by atoms with Gasteiger partial charge >= 0.3 is 5.97 Å². The van der Waals surface area contributed by atoms with Crippen LogP contribution in [-0.4, -0.2) is 40.2 Å². The quantitative estimate of drug-likeness (QED) is 0.725. The zero-order valence-corrected chi connectivity index (χ0v) is 13.6. The summed E-state index contributed by atoms with van der Waals surface area (Å²) in [5, 5.41) is 4.61. The van der Waals surface area contributed by atoms with Crippen molar-refractivity contribution in [2.45, 2.75) is 32.4 Å². The summed E-state index contributed by atoms with van der Waals surface area (Å²) in [6.45, 7) is 2.87. The molecule has 3 rings (SSSR count). The molecule has 0 radical (unpaired) electrons. The fourth-order valence-corrected chi connectivity index (χ4v) is 2.55. The van der Waals surface area contributed by atoms with E-state index in [2.05, 4.69) is 10.1 Å². The molecule has 23 heavy (non-hydrogen) atoms. The molecule has 0 spiro atoms. The molecule has 1 heterocycles. The van der Waals surface area contributed by atoms with Crippen LogP contribution in [-0.2, 0) is 16.1 Å². The molecule has 1 fully saturated rings. The predicted octanol–water partition coefficient (Wildman–Crippen LogP) is 2.92. The van der Waals surface area contributed by atoms with E-state index in [1.165, 1.54) is 0 Å². The largest absolute Gasteiger partial charge is 0.465 e. The van der Waals surface area contributed by atoms with Crippen molar-refractivity contribution in [1.82, 2.24) is 15.0 Å². The summed E-state index contributed by atoms with van der Waals surface area (Å²) < 4.78 is 10.3. The van der Waals surface area contributed by atoms with Crippen LogP contribution in [0, 0.1) is 0 Å². The Kier molecular flexibility index (Phi) is 4.93. The number of carbonyl (C=O) groups is 1. The Morgan fingerprint density at radius 3 is 3.00 bits per heavy atom. The van der Waals surface area contributed by atoms with Gasteiger partial charge in [-0.1, -0.05) is 28.9 Å². The van der Waals surface area contributed by atoms with Gasteiger partial charge in [0.15, 0.2) is 0 Å². The van der Waals surface area contributed by atoms with Crippen LogP contribution in [0.3, 0.4) is 0 Å². The predicted molar refractivity (Wildman–Crippen MR) is 84.8 cm³/mol. The standard InChI is InChI=1S/C16H18ClN3O3/c1-2-22-15(21)10-20(13-6-7-13)9-14-18-16(19-23-14)11-4-3-5-12(17)8-11/h3-5,8,13H,2,6-7,9-10H2,1H3. The lowest BCUT2D eigenvalue weighted by atomic mass is 10.2. The van der Waals surface area contributed by atoms with Crippen molar-refractivity contribution in [3.63, 3.8) is 0 Å². The highest BCUT2D eigenvalue weighted by atomic mass is 35.5. The van der Waals surface area contributed by atoms with Crippen molar-refractivity contribution in [1.29, 1.82) is 0 Å². The highest BCUT2D eigenvalue weighted by molar-refractivity contribution is 6.30. The molecule has 0 N–H and O–H groups in total. The smallest absolute Gasteiger partial charge is 0.320 e. The summed E-state index contributed by atoms with van der Waals surface area (Å²) in [4.78, 5) is 18.1. The number of halogens is 1. The van der Waals surface area contributed by atoms with Crippen LogP contribution >= 0.6 is 11.6 Å². The van der Waals surface area contributed by atoms with E-state index in [-0.39, 0.29) is 12.5 Å². The number of hydrogen-bond acceptors (Lipinski definition) is 6. The van der Waals surface area contributed by atoms with E-state index in [0.717, 1.165) is 18.4 Å². The van der Waals surface area contributed by atoms with Crippen molar-refractivity contribution in [3.05, 3.63) is 35.2 Å². The van der Waals surface area contributed by atoms with Crippen LogP contribution in [0.5, 0.6) is 0 Å². The fourth-order valence-electron chi connectivity index (χ4n) is 2.36. The SMILES string of the molecule is CCOC(=O)CN(Cc1nc(-c2cccc(Cl)c2)no1)C1CC1. The van der Waals surface area contributed by atoms with Gasteiger partial charge in [0.25, 0.3) is 0 Å². The molecule has 1 aromatic heterocycles. The minimum Gasteiger partial charge on any atom is -0.465 e. The zero-order chi connectivity index (χ0) is 16.2. The summed E-state index contributed by atoms with van der Waals surface area (Å²) in [6.07, 6.45) is 2.16. The molecule has 1 aromatic carbocycles. The summed E-state index contributed by atoms with van der Waals surface area (Å²) in [6, 6.07) is 7.68. The van der Waals surface area contributed by atoms with Gasteiger partial charge in [0, 0.05) is 16.6 Å².